The van der Waals surface area contributed by atoms with Crippen molar-refractivity contribution in [2.24, 2.45) is 0 Å². The molecular weight excluding hydrogens is 282 g/mol. The topological polar surface area (TPSA) is 85.4 Å². The highest BCUT2D eigenvalue weighted by Gasteiger charge is 2.05. The summed E-state index contributed by atoms with van der Waals surface area (Å²) in [5.41, 5.74) is 1.53. The summed E-state index contributed by atoms with van der Waals surface area (Å²) >= 11 is 0. The molecule has 0 radical (unpaired) electrons. The van der Waals surface area contributed by atoms with E-state index < -0.39 is 4.92 Å². The van der Waals surface area contributed by atoms with Gasteiger partial charge in [-0.05, 0) is 18.2 Å². The molecule has 0 spiro atoms. The van der Waals surface area contributed by atoms with Crippen LogP contribution in [0.4, 0.5) is 17.2 Å². The summed E-state index contributed by atoms with van der Waals surface area (Å²) in [5, 5.41) is 17.9. The van der Waals surface area contributed by atoms with Gasteiger partial charge < -0.3 is 5.32 Å². The standard InChI is InChI=1S/C12H9N5O2.ClH/c18-17(19)10-3-1-9(2-4-10)15-12-5-7-13-11-6-8-14-16(11)12;/h1-8,15H;1H. The molecule has 2 heterocycles. The molecule has 1 aromatic carbocycles. The molecule has 0 unspecified atom stereocenters. The molecular formula is C12H10ClN5O2. The van der Waals surface area contributed by atoms with Gasteiger partial charge in [0.1, 0.15) is 5.82 Å². The maximum absolute atomic E-state index is 10.6. The average Bonchev–Trinajstić information content (AvgIpc) is 2.89. The molecule has 3 rings (SSSR count). The van der Waals surface area contributed by atoms with Crippen LogP contribution in [0.2, 0.25) is 0 Å². The molecule has 3 aromatic rings. The summed E-state index contributed by atoms with van der Waals surface area (Å²) in [6, 6.07) is 9.76. The number of aromatic nitrogens is 3. The van der Waals surface area contributed by atoms with Gasteiger partial charge in [-0.25, -0.2) is 4.98 Å². The molecule has 1 N–H and O–H groups in total. The summed E-state index contributed by atoms with van der Waals surface area (Å²) in [6.45, 7) is 0. The van der Waals surface area contributed by atoms with Crippen molar-refractivity contribution in [1.29, 1.82) is 0 Å². The van der Waals surface area contributed by atoms with Gasteiger partial charge in [-0.1, -0.05) is 0 Å². The molecule has 2 aromatic heterocycles. The number of rotatable bonds is 3. The van der Waals surface area contributed by atoms with E-state index >= 15 is 0 Å². The van der Waals surface area contributed by atoms with Crippen molar-refractivity contribution >= 4 is 35.2 Å². The predicted octanol–water partition coefficient (Wildman–Crippen LogP) is 2.80. The van der Waals surface area contributed by atoms with Gasteiger partial charge in [-0.3, -0.25) is 10.1 Å². The Hall–Kier alpha value is -2.67. The molecule has 0 aliphatic rings. The lowest BCUT2D eigenvalue weighted by molar-refractivity contribution is -0.384. The van der Waals surface area contributed by atoms with Gasteiger partial charge in [0.25, 0.3) is 5.69 Å². The van der Waals surface area contributed by atoms with Crippen LogP contribution in [0.15, 0.2) is 48.8 Å². The second kappa shape index (κ2) is 5.54. The Morgan fingerprint density at radius 1 is 1.10 bits per heavy atom. The number of anilines is 2. The van der Waals surface area contributed by atoms with E-state index in [1.807, 2.05) is 0 Å². The van der Waals surface area contributed by atoms with Gasteiger partial charge in [0.2, 0.25) is 0 Å². The van der Waals surface area contributed by atoms with Crippen LogP contribution < -0.4 is 5.32 Å². The molecule has 0 amide bonds. The first kappa shape index (κ1) is 13.8. The van der Waals surface area contributed by atoms with Gasteiger partial charge in [0.05, 0.1) is 11.1 Å². The van der Waals surface area contributed by atoms with Crippen molar-refractivity contribution in [1.82, 2.24) is 14.6 Å². The third-order valence-corrected chi connectivity index (χ3v) is 2.64. The second-order valence-electron chi connectivity index (χ2n) is 3.86. The van der Waals surface area contributed by atoms with E-state index in [0.29, 0.717) is 0 Å². The number of nitrogens with zero attached hydrogens (tertiary/aromatic N) is 4. The maximum Gasteiger partial charge on any atom is 0.269 e. The maximum atomic E-state index is 10.6. The van der Waals surface area contributed by atoms with E-state index in [2.05, 4.69) is 15.4 Å². The lowest BCUT2D eigenvalue weighted by Crippen LogP contribution is -2.00. The fourth-order valence-electron chi connectivity index (χ4n) is 1.74. The summed E-state index contributed by atoms with van der Waals surface area (Å²) in [7, 11) is 0. The van der Waals surface area contributed by atoms with Crippen LogP contribution >= 0.6 is 12.4 Å². The normalized spacial score (nSPS) is 10.0. The lowest BCUT2D eigenvalue weighted by atomic mass is 10.3. The van der Waals surface area contributed by atoms with Gasteiger partial charge in [-0.2, -0.15) is 9.61 Å². The summed E-state index contributed by atoms with van der Waals surface area (Å²) in [5.74, 6) is 0.740. The molecule has 0 saturated heterocycles. The smallest absolute Gasteiger partial charge is 0.269 e. The third kappa shape index (κ3) is 2.52. The summed E-state index contributed by atoms with van der Waals surface area (Å²) in [4.78, 5) is 14.3. The molecule has 0 fully saturated rings. The molecule has 0 saturated carbocycles. The fourth-order valence-corrected chi connectivity index (χ4v) is 1.74. The zero-order valence-electron chi connectivity index (χ0n) is 10.1. The first-order chi connectivity index (χ1) is 9.24. The SMILES string of the molecule is Cl.O=[N+]([O-])c1ccc(Nc2ccnc3ccnn23)cc1. The lowest BCUT2D eigenvalue weighted by Gasteiger charge is -2.07. The highest BCUT2D eigenvalue weighted by Crippen LogP contribution is 2.19. The van der Waals surface area contributed by atoms with Gasteiger partial charge >= 0.3 is 0 Å². The zero-order valence-corrected chi connectivity index (χ0v) is 10.9. The minimum Gasteiger partial charge on any atom is -0.340 e. The average molecular weight is 292 g/mol. The van der Waals surface area contributed by atoms with Crippen LogP contribution in [0.5, 0.6) is 0 Å². The summed E-state index contributed by atoms with van der Waals surface area (Å²) in [6.07, 6.45) is 3.33. The molecule has 0 aliphatic heterocycles. The summed E-state index contributed by atoms with van der Waals surface area (Å²) < 4.78 is 1.65. The predicted molar refractivity (Wildman–Crippen MR) is 76.6 cm³/mol. The van der Waals surface area contributed by atoms with Crippen molar-refractivity contribution < 1.29 is 4.92 Å². The van der Waals surface area contributed by atoms with Crippen molar-refractivity contribution in [2.45, 2.75) is 0 Å². The van der Waals surface area contributed by atoms with Crippen molar-refractivity contribution in [3.63, 3.8) is 0 Å². The van der Waals surface area contributed by atoms with Crippen LogP contribution in [0.1, 0.15) is 0 Å². The number of nitro benzene ring substituents is 1. The largest absolute Gasteiger partial charge is 0.340 e. The molecule has 0 bridgehead atoms. The number of hydrogen-bond acceptors (Lipinski definition) is 5. The number of non-ortho nitro benzene ring substituents is 1. The first-order valence-electron chi connectivity index (χ1n) is 5.54. The quantitative estimate of drug-likeness (QED) is 0.592. The number of benzene rings is 1. The highest BCUT2D eigenvalue weighted by atomic mass is 35.5. The van der Waals surface area contributed by atoms with Crippen LogP contribution in [-0.4, -0.2) is 19.5 Å². The Balaban J connectivity index is 0.00000147. The minimum atomic E-state index is -0.429. The number of fused-ring (bicyclic) bond motifs is 1. The Kier molecular flexibility index (Phi) is 3.81. The van der Waals surface area contributed by atoms with E-state index in [1.165, 1.54) is 12.1 Å². The van der Waals surface area contributed by atoms with Gasteiger partial charge in [-0.15, -0.1) is 12.4 Å². The molecule has 8 heteroatoms. The number of nitrogens with one attached hydrogen (secondary N) is 1. The van der Waals surface area contributed by atoms with Crippen molar-refractivity contribution in [3.05, 3.63) is 58.9 Å². The van der Waals surface area contributed by atoms with Crippen LogP contribution in [0, 0.1) is 10.1 Å². The second-order valence-corrected chi connectivity index (χ2v) is 3.86. The number of hydrogen-bond donors (Lipinski definition) is 1. The fraction of sp³-hybridized carbons (Fsp3) is 0. The van der Waals surface area contributed by atoms with E-state index in [9.17, 15) is 10.1 Å². The van der Waals surface area contributed by atoms with Crippen molar-refractivity contribution in [2.75, 3.05) is 5.32 Å². The number of halogens is 1. The Morgan fingerprint density at radius 2 is 1.85 bits per heavy atom. The molecule has 0 aliphatic carbocycles. The van der Waals surface area contributed by atoms with Crippen LogP contribution in [0.3, 0.4) is 0 Å². The molecule has 20 heavy (non-hydrogen) atoms. The molecule has 7 nitrogen and oxygen atoms in total. The third-order valence-electron chi connectivity index (χ3n) is 2.64. The molecule has 102 valence electrons. The Morgan fingerprint density at radius 3 is 2.55 bits per heavy atom. The van der Waals surface area contributed by atoms with Crippen LogP contribution in [0.25, 0.3) is 5.65 Å². The minimum absolute atomic E-state index is 0. The first-order valence-corrected chi connectivity index (χ1v) is 5.54. The zero-order chi connectivity index (χ0) is 13.2. The Bertz CT molecular complexity index is 741. The molecule has 0 atom stereocenters. The van der Waals surface area contributed by atoms with Crippen molar-refractivity contribution in [3.8, 4) is 0 Å². The van der Waals surface area contributed by atoms with Crippen LogP contribution in [-0.2, 0) is 0 Å². The highest BCUT2D eigenvalue weighted by molar-refractivity contribution is 5.85. The Labute approximate surface area is 119 Å². The van der Waals surface area contributed by atoms with E-state index in [1.54, 1.807) is 41.2 Å². The van der Waals surface area contributed by atoms with Gasteiger partial charge in [0.15, 0.2) is 5.65 Å². The monoisotopic (exact) mass is 291 g/mol. The van der Waals surface area contributed by atoms with E-state index in [4.69, 9.17) is 0 Å². The van der Waals surface area contributed by atoms with Gasteiger partial charge in [0, 0.05) is 30.1 Å². The van der Waals surface area contributed by atoms with E-state index in [-0.39, 0.29) is 18.1 Å². The number of nitro groups is 1. The van der Waals surface area contributed by atoms with E-state index in [0.717, 1.165) is 17.2 Å².